The predicted molar refractivity (Wildman–Crippen MR) is 81.1 cm³/mol. The van der Waals surface area contributed by atoms with E-state index in [-0.39, 0.29) is 11.1 Å². The van der Waals surface area contributed by atoms with Crippen molar-refractivity contribution in [1.82, 2.24) is 0 Å². The first-order chi connectivity index (χ1) is 11.1. The van der Waals surface area contributed by atoms with Crippen LogP contribution in [0.1, 0.15) is 44.9 Å². The molecule has 1 rings (SSSR count). The van der Waals surface area contributed by atoms with E-state index in [2.05, 4.69) is 6.58 Å². The number of hydrogen-bond acceptors (Lipinski definition) is 6. The number of rotatable bonds is 7. The Morgan fingerprint density at radius 1 is 1.08 bits per heavy atom. The van der Waals surface area contributed by atoms with Gasteiger partial charge in [0.25, 0.3) is 0 Å². The number of esters is 1. The lowest BCUT2D eigenvalue weighted by Gasteiger charge is -2.20. The summed E-state index contributed by atoms with van der Waals surface area (Å²) in [6, 6.07) is 2.80. The van der Waals surface area contributed by atoms with Crippen LogP contribution in [0.15, 0.2) is 30.4 Å². The Morgan fingerprint density at radius 3 is 2.08 bits per heavy atom. The number of carbonyl (C=O) groups is 4. The molecule has 0 heterocycles. The first kappa shape index (κ1) is 19.0. The van der Waals surface area contributed by atoms with Gasteiger partial charge in [0.05, 0.1) is 22.8 Å². The van der Waals surface area contributed by atoms with Gasteiger partial charge in [-0.05, 0) is 37.6 Å². The number of aliphatic hydroxyl groups excluding tert-OH is 1. The van der Waals surface area contributed by atoms with Gasteiger partial charge in [-0.1, -0.05) is 6.58 Å². The van der Waals surface area contributed by atoms with Crippen LogP contribution in [0.25, 0.3) is 0 Å². The van der Waals surface area contributed by atoms with Crippen LogP contribution in [0.4, 0.5) is 0 Å². The highest BCUT2D eigenvalue weighted by atomic mass is 16.6. The maximum atomic E-state index is 12.2. The first-order valence-corrected chi connectivity index (χ1v) is 6.75. The summed E-state index contributed by atoms with van der Waals surface area (Å²) in [5.74, 6) is -4.81. The summed E-state index contributed by atoms with van der Waals surface area (Å²) in [5, 5.41) is 27.6. The molecule has 0 saturated heterocycles. The molecular weight excluding hydrogens is 320 g/mol. The Balaban J connectivity index is 3.28. The number of Topliss-reactive ketones (excluding diaryl/α,β-unsaturated/α-hetero) is 1. The van der Waals surface area contributed by atoms with Crippen molar-refractivity contribution >= 4 is 23.7 Å². The van der Waals surface area contributed by atoms with Crippen molar-refractivity contribution in [3.8, 4) is 0 Å². The Hall–Kier alpha value is -3.00. The van der Waals surface area contributed by atoms with Crippen LogP contribution in [-0.4, -0.2) is 51.2 Å². The number of aliphatic hydroxyl groups is 1. The second-order valence-corrected chi connectivity index (χ2v) is 5.08. The summed E-state index contributed by atoms with van der Waals surface area (Å²) >= 11 is 0. The zero-order valence-corrected chi connectivity index (χ0v) is 13.0. The fourth-order valence-corrected chi connectivity index (χ4v) is 1.83. The molecule has 0 aliphatic heterocycles. The van der Waals surface area contributed by atoms with E-state index in [0.717, 1.165) is 18.2 Å². The number of ether oxygens (including phenoxy) is 1. The smallest absolute Gasteiger partial charge is 0.339 e. The van der Waals surface area contributed by atoms with Crippen LogP contribution in [0.5, 0.6) is 0 Å². The first-order valence-electron chi connectivity index (χ1n) is 6.75. The van der Waals surface area contributed by atoms with Gasteiger partial charge in [0.1, 0.15) is 0 Å². The third-order valence-electron chi connectivity index (χ3n) is 3.07. The largest absolute Gasteiger partial charge is 0.478 e. The van der Waals surface area contributed by atoms with E-state index in [4.69, 9.17) is 14.9 Å². The Kier molecular flexibility index (Phi) is 5.96. The number of hydrogen-bond donors (Lipinski definition) is 3. The topological polar surface area (TPSA) is 138 Å². The lowest BCUT2D eigenvalue weighted by Crippen LogP contribution is -2.37. The van der Waals surface area contributed by atoms with Crippen LogP contribution in [-0.2, 0) is 9.53 Å². The van der Waals surface area contributed by atoms with Gasteiger partial charge in [0.15, 0.2) is 6.10 Å². The van der Waals surface area contributed by atoms with E-state index in [9.17, 15) is 24.3 Å². The van der Waals surface area contributed by atoms with Gasteiger partial charge in [-0.15, -0.1) is 0 Å². The average Bonchev–Trinajstić information content (AvgIpc) is 2.50. The number of carboxylic acid groups (broad SMARTS) is 2. The fourth-order valence-electron chi connectivity index (χ4n) is 1.83. The zero-order valence-electron chi connectivity index (χ0n) is 13.0. The molecule has 0 radical (unpaired) electrons. The third kappa shape index (κ3) is 4.26. The molecule has 128 valence electrons. The van der Waals surface area contributed by atoms with Crippen molar-refractivity contribution in [2.24, 2.45) is 0 Å². The van der Waals surface area contributed by atoms with Gasteiger partial charge in [-0.3, -0.25) is 4.79 Å². The number of carboxylic acids is 2. The molecule has 1 aromatic rings. The number of ketones is 1. The molecule has 8 heteroatoms. The van der Waals surface area contributed by atoms with E-state index < -0.39 is 47.0 Å². The summed E-state index contributed by atoms with van der Waals surface area (Å²) in [7, 11) is 0. The number of carbonyl (C=O) groups excluding carboxylic acids is 2. The highest BCUT2D eigenvalue weighted by Crippen LogP contribution is 2.17. The molecule has 0 aliphatic rings. The standard InChI is InChI=1S/C16H16O8/c1-7(2)12(18)13(8(3)17)24-16(23)11-6-9(14(19)20)4-5-10(11)15(21)22/h4-6,8,13,17H,1H2,2-3H3,(H,19,20)(H,21,22). The maximum Gasteiger partial charge on any atom is 0.339 e. The number of benzene rings is 1. The summed E-state index contributed by atoms with van der Waals surface area (Å²) in [6.07, 6.45) is -2.95. The SMILES string of the molecule is C=C(C)C(=O)C(OC(=O)c1cc(C(=O)O)ccc1C(=O)O)C(C)O. The van der Waals surface area contributed by atoms with E-state index in [0.29, 0.717) is 0 Å². The summed E-state index contributed by atoms with van der Waals surface area (Å²) in [4.78, 5) is 46.3. The van der Waals surface area contributed by atoms with Gasteiger partial charge in [-0.2, -0.15) is 0 Å². The summed E-state index contributed by atoms with van der Waals surface area (Å²) in [6.45, 7) is 5.97. The summed E-state index contributed by atoms with van der Waals surface area (Å²) in [5.41, 5.74) is -1.32. The second kappa shape index (κ2) is 7.51. The Bertz CT molecular complexity index is 717. The van der Waals surface area contributed by atoms with Gasteiger partial charge in [0, 0.05) is 0 Å². The molecule has 24 heavy (non-hydrogen) atoms. The number of aromatic carboxylic acids is 2. The van der Waals surface area contributed by atoms with Crippen LogP contribution in [0, 0.1) is 0 Å². The van der Waals surface area contributed by atoms with E-state index >= 15 is 0 Å². The van der Waals surface area contributed by atoms with Crippen molar-refractivity contribution in [2.75, 3.05) is 0 Å². The maximum absolute atomic E-state index is 12.2. The molecule has 0 aromatic heterocycles. The van der Waals surface area contributed by atoms with Crippen molar-refractivity contribution < 1.29 is 39.2 Å². The predicted octanol–water partition coefficient (Wildman–Crippen LogP) is 1.13. The molecule has 0 saturated carbocycles. The fraction of sp³-hybridized carbons (Fsp3) is 0.250. The van der Waals surface area contributed by atoms with Crippen molar-refractivity contribution in [3.05, 3.63) is 47.0 Å². The van der Waals surface area contributed by atoms with Crippen LogP contribution < -0.4 is 0 Å². The third-order valence-corrected chi connectivity index (χ3v) is 3.07. The molecule has 0 aliphatic carbocycles. The van der Waals surface area contributed by atoms with Crippen molar-refractivity contribution in [2.45, 2.75) is 26.1 Å². The molecule has 0 amide bonds. The quantitative estimate of drug-likeness (QED) is 0.497. The molecule has 2 unspecified atom stereocenters. The minimum atomic E-state index is -1.58. The van der Waals surface area contributed by atoms with Crippen molar-refractivity contribution in [1.29, 1.82) is 0 Å². The van der Waals surface area contributed by atoms with Crippen LogP contribution in [0.2, 0.25) is 0 Å². The highest BCUT2D eigenvalue weighted by molar-refractivity contribution is 6.06. The minimum absolute atomic E-state index is 0.0337. The Labute approximate surface area is 137 Å². The van der Waals surface area contributed by atoms with Crippen LogP contribution >= 0.6 is 0 Å². The second-order valence-electron chi connectivity index (χ2n) is 5.08. The van der Waals surface area contributed by atoms with Gasteiger partial charge in [0.2, 0.25) is 5.78 Å². The zero-order chi connectivity index (χ0) is 18.6. The van der Waals surface area contributed by atoms with E-state index in [1.165, 1.54) is 13.8 Å². The van der Waals surface area contributed by atoms with Gasteiger partial charge in [-0.25, -0.2) is 14.4 Å². The molecule has 1 aromatic carbocycles. The molecule has 0 fully saturated rings. The average molecular weight is 336 g/mol. The minimum Gasteiger partial charge on any atom is -0.478 e. The Morgan fingerprint density at radius 2 is 1.67 bits per heavy atom. The normalized spacial score (nSPS) is 12.8. The molecule has 8 nitrogen and oxygen atoms in total. The van der Waals surface area contributed by atoms with Gasteiger partial charge < -0.3 is 20.1 Å². The molecule has 2 atom stereocenters. The van der Waals surface area contributed by atoms with E-state index in [1.807, 2.05) is 0 Å². The molecule has 0 bridgehead atoms. The highest BCUT2D eigenvalue weighted by Gasteiger charge is 2.30. The molecular formula is C16H16O8. The van der Waals surface area contributed by atoms with E-state index in [1.54, 1.807) is 0 Å². The lowest BCUT2D eigenvalue weighted by atomic mass is 10.0. The molecule has 3 N–H and O–H groups in total. The molecule has 0 spiro atoms. The summed E-state index contributed by atoms with van der Waals surface area (Å²) < 4.78 is 4.89. The van der Waals surface area contributed by atoms with Gasteiger partial charge >= 0.3 is 17.9 Å². The van der Waals surface area contributed by atoms with Crippen LogP contribution in [0.3, 0.4) is 0 Å². The van der Waals surface area contributed by atoms with Crippen molar-refractivity contribution in [3.63, 3.8) is 0 Å². The monoisotopic (exact) mass is 336 g/mol. The lowest BCUT2D eigenvalue weighted by molar-refractivity contribution is -0.129.